The zero-order valence-electron chi connectivity index (χ0n) is 10.4. The van der Waals surface area contributed by atoms with Crippen molar-refractivity contribution in [3.8, 4) is 0 Å². The van der Waals surface area contributed by atoms with E-state index in [0.29, 0.717) is 19.7 Å². The van der Waals surface area contributed by atoms with Gasteiger partial charge in [-0.1, -0.05) is 0 Å². The largest absolute Gasteiger partial charge is 0.466 e. The predicted molar refractivity (Wildman–Crippen MR) is 63.3 cm³/mol. The van der Waals surface area contributed by atoms with Gasteiger partial charge in [-0.15, -0.1) is 0 Å². The van der Waals surface area contributed by atoms with Crippen LogP contribution in [0.4, 0.5) is 0 Å². The monoisotopic (exact) mass is 243 g/mol. The number of amides is 1. The second kappa shape index (κ2) is 6.56. The average molecular weight is 243 g/mol. The Morgan fingerprint density at radius 2 is 2.29 bits per heavy atom. The second-order valence-corrected chi connectivity index (χ2v) is 4.22. The molecule has 2 unspecified atom stereocenters. The maximum absolute atomic E-state index is 11.4. The van der Waals surface area contributed by atoms with Crippen molar-refractivity contribution in [1.29, 1.82) is 0 Å². The molecule has 6 nitrogen and oxygen atoms in total. The minimum atomic E-state index is -0.354. The molecule has 6 heteroatoms. The van der Waals surface area contributed by atoms with Gasteiger partial charge in [-0.05, 0) is 13.8 Å². The SMILES string of the molecule is CCOC(=O)CC(C)N1CCNCC1C(N)=O. The van der Waals surface area contributed by atoms with Crippen LogP contribution in [0.3, 0.4) is 0 Å². The first-order chi connectivity index (χ1) is 8.06. The van der Waals surface area contributed by atoms with Crippen molar-refractivity contribution in [1.82, 2.24) is 10.2 Å². The van der Waals surface area contributed by atoms with Gasteiger partial charge in [0.05, 0.1) is 13.0 Å². The molecule has 0 saturated carbocycles. The molecule has 1 amide bonds. The number of ether oxygens (including phenoxy) is 1. The van der Waals surface area contributed by atoms with Crippen LogP contribution in [-0.2, 0) is 14.3 Å². The Morgan fingerprint density at radius 3 is 2.88 bits per heavy atom. The number of primary amides is 1. The second-order valence-electron chi connectivity index (χ2n) is 4.22. The van der Waals surface area contributed by atoms with E-state index >= 15 is 0 Å². The highest BCUT2D eigenvalue weighted by Crippen LogP contribution is 2.11. The molecule has 0 radical (unpaired) electrons. The molecule has 1 saturated heterocycles. The van der Waals surface area contributed by atoms with E-state index < -0.39 is 0 Å². The maximum Gasteiger partial charge on any atom is 0.307 e. The molecular weight excluding hydrogens is 222 g/mol. The van der Waals surface area contributed by atoms with E-state index in [-0.39, 0.29) is 30.4 Å². The van der Waals surface area contributed by atoms with E-state index in [9.17, 15) is 9.59 Å². The van der Waals surface area contributed by atoms with Crippen molar-refractivity contribution in [3.05, 3.63) is 0 Å². The van der Waals surface area contributed by atoms with E-state index in [0.717, 1.165) is 6.54 Å². The molecular formula is C11H21N3O3. The zero-order valence-corrected chi connectivity index (χ0v) is 10.4. The third-order valence-electron chi connectivity index (χ3n) is 2.95. The van der Waals surface area contributed by atoms with Crippen molar-refractivity contribution in [2.75, 3.05) is 26.2 Å². The quantitative estimate of drug-likeness (QED) is 0.610. The Labute approximate surface area is 101 Å². The first-order valence-corrected chi connectivity index (χ1v) is 5.97. The van der Waals surface area contributed by atoms with Gasteiger partial charge < -0.3 is 15.8 Å². The van der Waals surface area contributed by atoms with Gasteiger partial charge in [0.25, 0.3) is 0 Å². The van der Waals surface area contributed by atoms with Crippen LogP contribution in [0.15, 0.2) is 0 Å². The van der Waals surface area contributed by atoms with Crippen molar-refractivity contribution in [2.45, 2.75) is 32.4 Å². The summed E-state index contributed by atoms with van der Waals surface area (Å²) in [5.41, 5.74) is 5.35. The molecule has 0 aliphatic carbocycles. The van der Waals surface area contributed by atoms with Crippen LogP contribution in [-0.4, -0.2) is 55.1 Å². The van der Waals surface area contributed by atoms with Crippen molar-refractivity contribution >= 4 is 11.9 Å². The summed E-state index contributed by atoms with van der Waals surface area (Å²) in [5, 5.41) is 3.12. The van der Waals surface area contributed by atoms with Gasteiger partial charge in [0.1, 0.15) is 6.04 Å². The fourth-order valence-corrected chi connectivity index (χ4v) is 2.09. The van der Waals surface area contributed by atoms with Crippen molar-refractivity contribution in [3.63, 3.8) is 0 Å². The lowest BCUT2D eigenvalue weighted by atomic mass is 10.1. The third kappa shape index (κ3) is 3.98. The van der Waals surface area contributed by atoms with Gasteiger partial charge in [0, 0.05) is 25.7 Å². The van der Waals surface area contributed by atoms with E-state index in [1.807, 2.05) is 11.8 Å². The minimum absolute atomic E-state index is 0.0337. The Balaban J connectivity index is 2.55. The van der Waals surface area contributed by atoms with E-state index in [1.165, 1.54) is 0 Å². The van der Waals surface area contributed by atoms with Crippen LogP contribution in [0.5, 0.6) is 0 Å². The standard InChI is InChI=1S/C11H21N3O3/c1-3-17-10(15)6-8(2)14-5-4-13-7-9(14)11(12)16/h8-9,13H,3-7H2,1-2H3,(H2,12,16). The summed E-state index contributed by atoms with van der Waals surface area (Å²) in [6.45, 7) is 6.14. The topological polar surface area (TPSA) is 84.7 Å². The summed E-state index contributed by atoms with van der Waals surface area (Å²) in [6.07, 6.45) is 0.289. The Morgan fingerprint density at radius 1 is 1.59 bits per heavy atom. The molecule has 1 aliphatic heterocycles. The van der Waals surface area contributed by atoms with Gasteiger partial charge in [-0.2, -0.15) is 0 Å². The zero-order chi connectivity index (χ0) is 12.8. The summed E-state index contributed by atoms with van der Waals surface area (Å²) < 4.78 is 4.90. The highest BCUT2D eigenvalue weighted by molar-refractivity contribution is 5.80. The maximum atomic E-state index is 11.4. The van der Waals surface area contributed by atoms with Crippen LogP contribution in [0, 0.1) is 0 Å². The van der Waals surface area contributed by atoms with E-state index in [2.05, 4.69) is 5.32 Å². The smallest absolute Gasteiger partial charge is 0.307 e. The lowest BCUT2D eigenvalue weighted by Gasteiger charge is -2.38. The first kappa shape index (κ1) is 13.9. The van der Waals surface area contributed by atoms with Crippen LogP contribution < -0.4 is 11.1 Å². The Hall–Kier alpha value is -1.14. The van der Waals surface area contributed by atoms with Crippen LogP contribution in [0.1, 0.15) is 20.3 Å². The number of hydrogen-bond donors (Lipinski definition) is 2. The number of piperazine rings is 1. The lowest BCUT2D eigenvalue weighted by Crippen LogP contribution is -2.59. The van der Waals surface area contributed by atoms with Gasteiger partial charge in [0.15, 0.2) is 0 Å². The molecule has 17 heavy (non-hydrogen) atoms. The summed E-state index contributed by atoms with van der Waals surface area (Å²) in [4.78, 5) is 24.7. The number of carbonyl (C=O) groups is 2. The first-order valence-electron chi connectivity index (χ1n) is 5.97. The molecule has 2 atom stereocenters. The Kier molecular flexibility index (Phi) is 5.37. The molecule has 1 fully saturated rings. The summed E-state index contributed by atoms with van der Waals surface area (Å²) in [5.74, 6) is -0.588. The number of esters is 1. The number of carbonyl (C=O) groups excluding carboxylic acids is 2. The summed E-state index contributed by atoms with van der Waals surface area (Å²) in [6, 6.07) is -0.373. The number of nitrogens with one attached hydrogen (secondary N) is 1. The fraction of sp³-hybridized carbons (Fsp3) is 0.818. The van der Waals surface area contributed by atoms with Gasteiger partial charge in [-0.25, -0.2) is 0 Å². The molecule has 98 valence electrons. The fourth-order valence-electron chi connectivity index (χ4n) is 2.09. The van der Waals surface area contributed by atoms with E-state index in [4.69, 9.17) is 10.5 Å². The molecule has 3 N–H and O–H groups in total. The molecule has 0 bridgehead atoms. The molecule has 1 heterocycles. The Bertz CT molecular complexity index is 283. The van der Waals surface area contributed by atoms with Gasteiger partial charge in [-0.3, -0.25) is 14.5 Å². The van der Waals surface area contributed by atoms with Gasteiger partial charge >= 0.3 is 5.97 Å². The van der Waals surface area contributed by atoms with Crippen molar-refractivity contribution < 1.29 is 14.3 Å². The molecule has 0 aromatic rings. The van der Waals surface area contributed by atoms with Crippen molar-refractivity contribution in [2.24, 2.45) is 5.73 Å². The summed E-state index contributed by atoms with van der Waals surface area (Å²) in [7, 11) is 0. The van der Waals surface area contributed by atoms with E-state index in [1.54, 1.807) is 6.92 Å². The van der Waals surface area contributed by atoms with Crippen LogP contribution in [0.2, 0.25) is 0 Å². The molecule has 0 spiro atoms. The summed E-state index contributed by atoms with van der Waals surface area (Å²) >= 11 is 0. The number of nitrogens with two attached hydrogens (primary N) is 1. The lowest BCUT2D eigenvalue weighted by molar-refractivity contribution is -0.145. The number of nitrogens with zero attached hydrogens (tertiary/aromatic N) is 1. The normalized spacial score (nSPS) is 23.1. The molecule has 0 aromatic carbocycles. The number of rotatable bonds is 5. The molecule has 0 aromatic heterocycles. The van der Waals surface area contributed by atoms with Crippen LogP contribution >= 0.6 is 0 Å². The predicted octanol–water partition coefficient (Wildman–Crippen LogP) is -0.913. The number of hydrogen-bond acceptors (Lipinski definition) is 5. The highest BCUT2D eigenvalue weighted by atomic mass is 16.5. The molecule has 1 rings (SSSR count). The van der Waals surface area contributed by atoms with Crippen LogP contribution in [0.25, 0.3) is 0 Å². The van der Waals surface area contributed by atoms with Gasteiger partial charge in [0.2, 0.25) is 5.91 Å². The average Bonchev–Trinajstić information content (AvgIpc) is 2.29. The minimum Gasteiger partial charge on any atom is -0.466 e. The third-order valence-corrected chi connectivity index (χ3v) is 2.95. The highest BCUT2D eigenvalue weighted by Gasteiger charge is 2.31. The molecule has 1 aliphatic rings.